The Morgan fingerprint density at radius 2 is 2.03 bits per heavy atom. The van der Waals surface area contributed by atoms with Crippen LogP contribution in [0.1, 0.15) is 42.4 Å². The molecule has 4 rings (SSSR count). The van der Waals surface area contributed by atoms with E-state index in [1.54, 1.807) is 29.7 Å². The van der Waals surface area contributed by atoms with Gasteiger partial charge in [-0.25, -0.2) is 4.98 Å². The molecule has 8 heteroatoms. The summed E-state index contributed by atoms with van der Waals surface area (Å²) in [6.07, 6.45) is 6.72. The van der Waals surface area contributed by atoms with E-state index in [1.807, 2.05) is 39.8 Å². The molecule has 1 aliphatic heterocycles. The largest absolute Gasteiger partial charge is 0.492 e. The minimum absolute atomic E-state index is 0.121. The molecule has 1 aliphatic rings. The quantitative estimate of drug-likeness (QED) is 0.648. The highest BCUT2D eigenvalue weighted by Crippen LogP contribution is 2.43. The van der Waals surface area contributed by atoms with Gasteiger partial charge in [0.15, 0.2) is 0 Å². The highest BCUT2D eigenvalue weighted by atomic mass is 16.5. The lowest BCUT2D eigenvalue weighted by atomic mass is 9.96. The molecule has 0 N–H and O–H groups in total. The molecule has 0 spiro atoms. The van der Waals surface area contributed by atoms with Crippen LogP contribution >= 0.6 is 0 Å². The van der Waals surface area contributed by atoms with Crippen LogP contribution in [-0.2, 0) is 12.1 Å². The molecule has 0 aromatic carbocycles. The van der Waals surface area contributed by atoms with Crippen molar-refractivity contribution in [3.63, 3.8) is 0 Å². The number of aryl methyl sites for hydroxylation is 1. The number of anilines is 1. The SMILES string of the molecule is CCOc1cncc(-c2cc(C)c3c(n2)C(C)(C)N(c2cnn(CC#N)c2)C3=O)c1. The Kier molecular flexibility index (Phi) is 4.74. The van der Waals surface area contributed by atoms with Gasteiger partial charge < -0.3 is 4.74 Å². The number of amides is 1. The number of nitrogens with zero attached hydrogens (tertiary/aromatic N) is 6. The first-order chi connectivity index (χ1) is 14.4. The Bertz CT molecular complexity index is 1170. The molecule has 0 radical (unpaired) electrons. The van der Waals surface area contributed by atoms with Gasteiger partial charge in [0.2, 0.25) is 0 Å². The molecule has 0 saturated carbocycles. The number of aromatic nitrogens is 4. The van der Waals surface area contributed by atoms with E-state index in [2.05, 4.69) is 16.2 Å². The van der Waals surface area contributed by atoms with Crippen LogP contribution in [-0.4, -0.2) is 32.3 Å². The summed E-state index contributed by atoms with van der Waals surface area (Å²) in [4.78, 5) is 24.2. The Hall–Kier alpha value is -3.73. The molecule has 3 aromatic heterocycles. The summed E-state index contributed by atoms with van der Waals surface area (Å²) in [6, 6.07) is 5.86. The monoisotopic (exact) mass is 402 g/mol. The van der Waals surface area contributed by atoms with Gasteiger partial charge in [-0.1, -0.05) is 0 Å². The van der Waals surface area contributed by atoms with E-state index < -0.39 is 5.54 Å². The average molecular weight is 402 g/mol. The number of fused-ring (bicyclic) bond motifs is 1. The maximum absolute atomic E-state index is 13.3. The highest BCUT2D eigenvalue weighted by Gasteiger charge is 2.46. The number of hydrogen-bond acceptors (Lipinski definition) is 6. The van der Waals surface area contributed by atoms with Gasteiger partial charge in [-0.05, 0) is 45.4 Å². The van der Waals surface area contributed by atoms with Gasteiger partial charge in [0.1, 0.15) is 12.3 Å². The minimum atomic E-state index is -0.682. The second-order valence-electron chi connectivity index (χ2n) is 7.64. The zero-order chi connectivity index (χ0) is 21.5. The Morgan fingerprint density at radius 3 is 2.77 bits per heavy atom. The van der Waals surface area contributed by atoms with Gasteiger partial charge in [0.25, 0.3) is 5.91 Å². The topological polar surface area (TPSA) is 96.9 Å². The average Bonchev–Trinajstić information content (AvgIpc) is 3.23. The van der Waals surface area contributed by atoms with Crippen LogP contribution < -0.4 is 9.64 Å². The molecule has 0 unspecified atom stereocenters. The Balaban J connectivity index is 1.80. The summed E-state index contributed by atoms with van der Waals surface area (Å²) in [5.41, 5.74) is 3.68. The molecular weight excluding hydrogens is 380 g/mol. The summed E-state index contributed by atoms with van der Waals surface area (Å²) in [5, 5.41) is 13.1. The molecule has 3 aromatic rings. The fraction of sp³-hybridized carbons (Fsp3) is 0.318. The van der Waals surface area contributed by atoms with Crippen molar-refractivity contribution in [3.8, 4) is 23.1 Å². The van der Waals surface area contributed by atoms with E-state index in [-0.39, 0.29) is 12.5 Å². The molecule has 0 saturated heterocycles. The van der Waals surface area contributed by atoms with Gasteiger partial charge >= 0.3 is 0 Å². The van der Waals surface area contributed by atoms with Gasteiger partial charge in [-0.3, -0.25) is 19.4 Å². The van der Waals surface area contributed by atoms with Gasteiger partial charge in [-0.2, -0.15) is 10.4 Å². The predicted octanol–water partition coefficient (Wildman–Crippen LogP) is 3.47. The van der Waals surface area contributed by atoms with Gasteiger partial charge in [-0.15, -0.1) is 0 Å². The maximum Gasteiger partial charge on any atom is 0.261 e. The first kappa shape index (κ1) is 19.6. The van der Waals surface area contributed by atoms with E-state index in [0.29, 0.717) is 29.3 Å². The van der Waals surface area contributed by atoms with E-state index in [4.69, 9.17) is 15.0 Å². The van der Waals surface area contributed by atoms with Crippen molar-refractivity contribution in [2.45, 2.75) is 39.8 Å². The van der Waals surface area contributed by atoms with E-state index in [0.717, 1.165) is 16.8 Å². The van der Waals surface area contributed by atoms with Crippen molar-refractivity contribution in [1.82, 2.24) is 19.7 Å². The smallest absolute Gasteiger partial charge is 0.261 e. The number of hydrogen-bond donors (Lipinski definition) is 0. The van der Waals surface area contributed by atoms with Crippen molar-refractivity contribution >= 4 is 11.6 Å². The Morgan fingerprint density at radius 1 is 1.23 bits per heavy atom. The fourth-order valence-corrected chi connectivity index (χ4v) is 3.88. The maximum atomic E-state index is 13.3. The number of carbonyl (C=O) groups excluding carboxylic acids is 1. The molecule has 0 bridgehead atoms. The molecule has 0 aliphatic carbocycles. The standard InChI is InChI=1S/C22H22N6O2/c1-5-30-17-9-15(10-24-12-17)18-8-14(2)19-20(26-18)22(3,4)28(21(19)29)16-11-25-27(13-16)7-6-23/h8-13H,5,7H2,1-4H3. The number of ether oxygens (including phenoxy) is 1. The molecule has 0 atom stereocenters. The molecule has 4 heterocycles. The van der Waals surface area contributed by atoms with Crippen molar-refractivity contribution in [2.24, 2.45) is 0 Å². The summed E-state index contributed by atoms with van der Waals surface area (Å²) in [6.45, 7) is 8.44. The second kappa shape index (κ2) is 7.26. The molecule has 152 valence electrons. The second-order valence-corrected chi connectivity index (χ2v) is 7.64. The lowest BCUT2D eigenvalue weighted by Gasteiger charge is -2.30. The first-order valence-electron chi connectivity index (χ1n) is 9.71. The molecule has 8 nitrogen and oxygen atoms in total. The number of nitriles is 1. The van der Waals surface area contributed by atoms with Crippen LogP contribution in [0.15, 0.2) is 36.9 Å². The fourth-order valence-electron chi connectivity index (χ4n) is 3.88. The van der Waals surface area contributed by atoms with Gasteiger partial charge in [0.05, 0.1) is 53.2 Å². The normalized spacial score (nSPS) is 14.5. The van der Waals surface area contributed by atoms with Crippen molar-refractivity contribution in [2.75, 3.05) is 11.5 Å². The Labute approximate surface area is 174 Å². The zero-order valence-electron chi connectivity index (χ0n) is 17.4. The third kappa shape index (κ3) is 3.08. The number of carbonyl (C=O) groups is 1. The minimum Gasteiger partial charge on any atom is -0.492 e. The number of pyridine rings is 2. The van der Waals surface area contributed by atoms with Crippen LogP contribution in [0.4, 0.5) is 5.69 Å². The van der Waals surface area contributed by atoms with Crippen LogP contribution in [0.25, 0.3) is 11.3 Å². The van der Waals surface area contributed by atoms with Gasteiger partial charge in [0, 0.05) is 18.0 Å². The third-order valence-electron chi connectivity index (χ3n) is 5.20. The first-order valence-corrected chi connectivity index (χ1v) is 9.71. The molecular formula is C22H22N6O2. The highest BCUT2D eigenvalue weighted by molar-refractivity contribution is 6.12. The zero-order valence-corrected chi connectivity index (χ0v) is 17.4. The third-order valence-corrected chi connectivity index (χ3v) is 5.20. The lowest BCUT2D eigenvalue weighted by Crippen LogP contribution is -2.39. The van der Waals surface area contributed by atoms with Crippen molar-refractivity contribution in [3.05, 3.63) is 53.7 Å². The van der Waals surface area contributed by atoms with Crippen molar-refractivity contribution < 1.29 is 9.53 Å². The summed E-state index contributed by atoms with van der Waals surface area (Å²) in [7, 11) is 0. The van der Waals surface area contributed by atoms with E-state index >= 15 is 0 Å². The predicted molar refractivity (Wildman–Crippen MR) is 111 cm³/mol. The molecule has 1 amide bonds. The summed E-state index contributed by atoms with van der Waals surface area (Å²) >= 11 is 0. The van der Waals surface area contributed by atoms with Crippen LogP contribution in [0, 0.1) is 18.3 Å². The van der Waals surface area contributed by atoms with Crippen LogP contribution in [0.3, 0.4) is 0 Å². The van der Waals surface area contributed by atoms with Crippen molar-refractivity contribution in [1.29, 1.82) is 5.26 Å². The van der Waals surface area contributed by atoms with E-state index in [1.165, 1.54) is 4.68 Å². The van der Waals surface area contributed by atoms with Crippen LogP contribution in [0.2, 0.25) is 0 Å². The summed E-state index contributed by atoms with van der Waals surface area (Å²) < 4.78 is 7.07. The van der Waals surface area contributed by atoms with Crippen LogP contribution in [0.5, 0.6) is 5.75 Å². The molecule has 0 fully saturated rings. The summed E-state index contributed by atoms with van der Waals surface area (Å²) in [5.74, 6) is 0.557. The number of rotatable bonds is 5. The van der Waals surface area contributed by atoms with E-state index in [9.17, 15) is 4.79 Å². The lowest BCUT2D eigenvalue weighted by molar-refractivity contribution is 0.0981. The molecule has 30 heavy (non-hydrogen) atoms.